The molecule has 17 heavy (non-hydrogen) atoms. The maximum atomic E-state index is 12.5. The van der Waals surface area contributed by atoms with Crippen LogP contribution < -0.4 is 0 Å². The largest absolute Gasteiger partial charge is 0.508 e. The molecule has 0 amide bonds. The van der Waals surface area contributed by atoms with E-state index in [0.717, 1.165) is 12.0 Å². The van der Waals surface area contributed by atoms with E-state index < -0.39 is 5.41 Å². The second kappa shape index (κ2) is 3.84. The molecule has 1 atom stereocenters. The maximum Gasteiger partial charge on any atom is 0.170 e. The third-order valence-corrected chi connectivity index (χ3v) is 3.79. The SMILES string of the molecule is CN(C)C1Cc2ccc(O)cc2C(=O)C1(C)C. The third kappa shape index (κ3) is 1.84. The van der Waals surface area contributed by atoms with E-state index in [2.05, 4.69) is 4.90 Å². The molecule has 1 aliphatic carbocycles. The first-order valence-corrected chi connectivity index (χ1v) is 5.87. The van der Waals surface area contributed by atoms with Crippen molar-refractivity contribution in [3.05, 3.63) is 29.3 Å². The summed E-state index contributed by atoms with van der Waals surface area (Å²) in [5.74, 6) is 0.282. The smallest absolute Gasteiger partial charge is 0.170 e. The summed E-state index contributed by atoms with van der Waals surface area (Å²) in [5, 5.41) is 9.49. The Hall–Kier alpha value is -1.35. The van der Waals surface area contributed by atoms with E-state index in [4.69, 9.17) is 0 Å². The van der Waals surface area contributed by atoms with Gasteiger partial charge in [0, 0.05) is 17.0 Å². The number of rotatable bonds is 1. The van der Waals surface area contributed by atoms with Crippen molar-refractivity contribution in [1.29, 1.82) is 0 Å². The number of aromatic hydroxyl groups is 1. The molecule has 92 valence electrons. The summed E-state index contributed by atoms with van der Waals surface area (Å²) in [6.45, 7) is 3.96. The highest BCUT2D eigenvalue weighted by molar-refractivity contribution is 6.03. The van der Waals surface area contributed by atoms with Crippen molar-refractivity contribution in [1.82, 2.24) is 4.90 Å². The van der Waals surface area contributed by atoms with Crippen LogP contribution in [-0.2, 0) is 6.42 Å². The molecule has 3 nitrogen and oxygen atoms in total. The molecule has 0 heterocycles. The monoisotopic (exact) mass is 233 g/mol. The minimum absolute atomic E-state index is 0.119. The number of benzene rings is 1. The van der Waals surface area contributed by atoms with Crippen molar-refractivity contribution in [2.45, 2.75) is 26.3 Å². The fourth-order valence-corrected chi connectivity index (χ4v) is 2.74. The summed E-state index contributed by atoms with van der Waals surface area (Å²) >= 11 is 0. The quantitative estimate of drug-likeness (QED) is 0.807. The normalized spacial score (nSPS) is 22.6. The van der Waals surface area contributed by atoms with Crippen molar-refractivity contribution in [3.8, 4) is 5.75 Å². The van der Waals surface area contributed by atoms with Crippen LogP contribution in [0.3, 0.4) is 0 Å². The Morgan fingerprint density at radius 3 is 2.59 bits per heavy atom. The van der Waals surface area contributed by atoms with Gasteiger partial charge in [-0.2, -0.15) is 0 Å². The van der Waals surface area contributed by atoms with Gasteiger partial charge in [-0.1, -0.05) is 19.9 Å². The number of phenols is 1. The van der Waals surface area contributed by atoms with Gasteiger partial charge in [0.05, 0.1) is 0 Å². The van der Waals surface area contributed by atoms with Crippen LogP contribution in [0.2, 0.25) is 0 Å². The number of hydrogen-bond donors (Lipinski definition) is 1. The van der Waals surface area contributed by atoms with Crippen molar-refractivity contribution < 1.29 is 9.90 Å². The lowest BCUT2D eigenvalue weighted by molar-refractivity contribution is 0.0632. The molecule has 0 saturated heterocycles. The van der Waals surface area contributed by atoms with Gasteiger partial charge in [-0.25, -0.2) is 0 Å². The zero-order valence-electron chi connectivity index (χ0n) is 10.8. The van der Waals surface area contributed by atoms with Gasteiger partial charge in [0.2, 0.25) is 0 Å². The fraction of sp³-hybridized carbons (Fsp3) is 0.500. The predicted octanol–water partition coefficient (Wildman–Crippen LogP) is 2.09. The number of likely N-dealkylation sites (N-methyl/N-ethyl adjacent to an activating group) is 1. The minimum Gasteiger partial charge on any atom is -0.508 e. The molecule has 0 radical (unpaired) electrons. The Bertz CT molecular complexity index is 463. The number of Topliss-reactive ketones (excluding diaryl/α,β-unsaturated/α-hetero) is 1. The van der Waals surface area contributed by atoms with Gasteiger partial charge >= 0.3 is 0 Å². The first-order chi connectivity index (χ1) is 7.84. The van der Waals surface area contributed by atoms with Gasteiger partial charge in [0.15, 0.2) is 5.78 Å². The van der Waals surface area contributed by atoms with Crippen molar-refractivity contribution in [2.24, 2.45) is 5.41 Å². The molecule has 1 aliphatic rings. The van der Waals surface area contributed by atoms with Crippen molar-refractivity contribution in [2.75, 3.05) is 14.1 Å². The molecule has 1 aromatic carbocycles. The number of carbonyl (C=O) groups is 1. The summed E-state index contributed by atoms with van der Waals surface area (Å²) in [6.07, 6.45) is 0.849. The van der Waals surface area contributed by atoms with Gasteiger partial charge < -0.3 is 10.0 Å². The van der Waals surface area contributed by atoms with E-state index >= 15 is 0 Å². The highest BCUT2D eigenvalue weighted by Gasteiger charge is 2.43. The van der Waals surface area contributed by atoms with Crippen molar-refractivity contribution >= 4 is 5.78 Å². The van der Waals surface area contributed by atoms with Gasteiger partial charge in [-0.3, -0.25) is 4.79 Å². The van der Waals surface area contributed by atoms with Crippen LogP contribution in [0.1, 0.15) is 29.8 Å². The lowest BCUT2D eigenvalue weighted by Crippen LogP contribution is -2.50. The number of hydrogen-bond acceptors (Lipinski definition) is 3. The van der Waals surface area contributed by atoms with E-state index in [1.165, 1.54) is 0 Å². The topological polar surface area (TPSA) is 40.5 Å². The predicted molar refractivity (Wildman–Crippen MR) is 67.4 cm³/mol. The average Bonchev–Trinajstić information content (AvgIpc) is 2.23. The van der Waals surface area contributed by atoms with E-state index in [-0.39, 0.29) is 17.6 Å². The molecule has 2 rings (SSSR count). The van der Waals surface area contributed by atoms with Crippen LogP contribution in [-0.4, -0.2) is 35.9 Å². The third-order valence-electron chi connectivity index (χ3n) is 3.79. The molecule has 0 aliphatic heterocycles. The summed E-state index contributed by atoms with van der Waals surface area (Å²) in [4.78, 5) is 14.6. The van der Waals surface area contributed by atoms with Crippen LogP contribution in [0.25, 0.3) is 0 Å². The number of nitrogens with zero attached hydrogens (tertiary/aromatic N) is 1. The number of phenolic OH excluding ortho intramolecular Hbond substituents is 1. The van der Waals surface area contributed by atoms with Gasteiger partial charge in [0.25, 0.3) is 0 Å². The Morgan fingerprint density at radius 2 is 2.00 bits per heavy atom. The zero-order chi connectivity index (χ0) is 12.8. The molecule has 0 bridgehead atoms. The lowest BCUT2D eigenvalue weighted by Gasteiger charge is -2.41. The van der Waals surface area contributed by atoms with Crippen LogP contribution in [0.5, 0.6) is 5.75 Å². The van der Waals surface area contributed by atoms with E-state index in [1.54, 1.807) is 12.1 Å². The second-order valence-corrected chi connectivity index (χ2v) is 5.58. The van der Waals surface area contributed by atoms with Crippen LogP contribution >= 0.6 is 0 Å². The average molecular weight is 233 g/mol. The summed E-state index contributed by atoms with van der Waals surface area (Å²) < 4.78 is 0. The van der Waals surface area contributed by atoms with Crippen LogP contribution in [0, 0.1) is 5.41 Å². The minimum atomic E-state index is -0.412. The summed E-state index contributed by atoms with van der Waals surface area (Å²) in [7, 11) is 4.01. The van der Waals surface area contributed by atoms with E-state index in [9.17, 15) is 9.90 Å². The highest BCUT2D eigenvalue weighted by atomic mass is 16.3. The van der Waals surface area contributed by atoms with Gasteiger partial charge in [-0.15, -0.1) is 0 Å². The zero-order valence-corrected chi connectivity index (χ0v) is 10.8. The van der Waals surface area contributed by atoms with Crippen molar-refractivity contribution in [3.63, 3.8) is 0 Å². The Labute approximate surface area is 102 Å². The molecule has 0 fully saturated rings. The highest BCUT2D eigenvalue weighted by Crippen LogP contribution is 2.38. The molecule has 1 aromatic rings. The molecule has 1 unspecified atom stereocenters. The molecule has 0 saturated carbocycles. The molecular weight excluding hydrogens is 214 g/mol. The fourth-order valence-electron chi connectivity index (χ4n) is 2.74. The Morgan fingerprint density at radius 1 is 1.35 bits per heavy atom. The Balaban J connectivity index is 2.53. The van der Waals surface area contributed by atoms with Gasteiger partial charge in [0.1, 0.15) is 5.75 Å². The number of carbonyl (C=O) groups excluding carboxylic acids is 1. The molecule has 0 aromatic heterocycles. The first-order valence-electron chi connectivity index (χ1n) is 5.87. The van der Waals surface area contributed by atoms with Crippen LogP contribution in [0.4, 0.5) is 0 Å². The molecule has 3 heteroatoms. The maximum absolute atomic E-state index is 12.5. The first kappa shape index (κ1) is 12.1. The molecular formula is C14H19NO2. The summed E-state index contributed by atoms with van der Waals surface area (Å²) in [5.41, 5.74) is 1.29. The number of fused-ring (bicyclic) bond motifs is 1. The standard InChI is InChI=1S/C14H19NO2/c1-14(2)12(15(3)4)7-9-5-6-10(16)8-11(9)13(14)17/h5-6,8,12,16H,7H2,1-4H3. The lowest BCUT2D eigenvalue weighted by atomic mass is 9.69. The number of ketones is 1. The second-order valence-electron chi connectivity index (χ2n) is 5.58. The molecule has 1 N–H and O–H groups in total. The summed E-state index contributed by atoms with van der Waals surface area (Å²) in [6, 6.07) is 5.29. The van der Waals surface area contributed by atoms with E-state index in [0.29, 0.717) is 5.56 Å². The van der Waals surface area contributed by atoms with Gasteiger partial charge in [-0.05, 0) is 38.2 Å². The Kier molecular flexibility index (Phi) is 2.74. The van der Waals surface area contributed by atoms with Crippen LogP contribution in [0.15, 0.2) is 18.2 Å². The van der Waals surface area contributed by atoms with E-state index in [1.807, 2.05) is 34.0 Å². The molecule has 0 spiro atoms.